The highest BCUT2D eigenvalue weighted by Crippen LogP contribution is 2.33. The summed E-state index contributed by atoms with van der Waals surface area (Å²) in [6.45, 7) is 5.64. The summed E-state index contributed by atoms with van der Waals surface area (Å²) in [5, 5.41) is 4.21. The Morgan fingerprint density at radius 2 is 2.24 bits per heavy atom. The van der Waals surface area contributed by atoms with Crippen LogP contribution in [-0.4, -0.2) is 27.1 Å². The van der Waals surface area contributed by atoms with Crippen molar-refractivity contribution in [3.05, 3.63) is 53.3 Å². The highest BCUT2D eigenvalue weighted by molar-refractivity contribution is 5.93. The van der Waals surface area contributed by atoms with E-state index in [4.69, 9.17) is 0 Å². The Hall–Kier alpha value is -2.10. The van der Waals surface area contributed by atoms with Crippen LogP contribution in [0.25, 0.3) is 0 Å². The van der Waals surface area contributed by atoms with E-state index < -0.39 is 0 Å². The van der Waals surface area contributed by atoms with Gasteiger partial charge in [0, 0.05) is 19.3 Å². The van der Waals surface area contributed by atoms with Crippen LogP contribution in [0.4, 0.5) is 0 Å². The Labute approximate surface area is 125 Å². The van der Waals surface area contributed by atoms with Gasteiger partial charge in [-0.25, -0.2) is 0 Å². The van der Waals surface area contributed by atoms with Gasteiger partial charge in [-0.3, -0.25) is 9.48 Å². The number of aryl methyl sites for hydroxylation is 2. The first-order valence-electron chi connectivity index (χ1n) is 7.60. The maximum absolute atomic E-state index is 12.8. The highest BCUT2D eigenvalue weighted by Gasteiger charge is 2.31. The Morgan fingerprint density at radius 1 is 1.38 bits per heavy atom. The van der Waals surface area contributed by atoms with Crippen molar-refractivity contribution < 1.29 is 4.79 Å². The molecule has 1 saturated heterocycles. The third-order valence-corrected chi connectivity index (χ3v) is 4.18. The third kappa shape index (κ3) is 2.58. The standard InChI is InChI=1S/C17H21N3O/c1-3-20-16(9-10-18-20)17(21)19-11-5-8-15(19)14-7-4-6-13(2)12-14/h4,6-7,9-10,12,15H,3,5,8,11H2,1-2H3/t15-/m0/s1. The second kappa shape index (κ2) is 5.72. The van der Waals surface area contributed by atoms with Crippen molar-refractivity contribution in [1.29, 1.82) is 0 Å². The molecule has 0 spiro atoms. The predicted molar refractivity (Wildman–Crippen MR) is 82.1 cm³/mol. The van der Waals surface area contributed by atoms with E-state index in [9.17, 15) is 4.79 Å². The van der Waals surface area contributed by atoms with Crippen molar-refractivity contribution in [3.8, 4) is 0 Å². The number of carbonyl (C=O) groups excluding carboxylic acids is 1. The second-order valence-electron chi connectivity index (χ2n) is 5.60. The number of aromatic nitrogens is 2. The minimum atomic E-state index is 0.0957. The summed E-state index contributed by atoms with van der Waals surface area (Å²) in [6, 6.07) is 10.5. The molecular weight excluding hydrogens is 262 g/mol. The molecule has 0 N–H and O–H groups in total. The predicted octanol–water partition coefficient (Wildman–Crippen LogP) is 3.19. The average molecular weight is 283 g/mol. The molecule has 0 aliphatic carbocycles. The van der Waals surface area contributed by atoms with Gasteiger partial charge in [-0.1, -0.05) is 29.8 Å². The molecule has 2 heterocycles. The van der Waals surface area contributed by atoms with Gasteiger partial charge in [0.25, 0.3) is 5.91 Å². The van der Waals surface area contributed by atoms with Crippen LogP contribution in [0.5, 0.6) is 0 Å². The van der Waals surface area contributed by atoms with Crippen LogP contribution in [0.3, 0.4) is 0 Å². The van der Waals surface area contributed by atoms with Crippen LogP contribution < -0.4 is 0 Å². The largest absolute Gasteiger partial charge is 0.330 e. The molecule has 3 rings (SSSR count). The van der Waals surface area contributed by atoms with E-state index in [1.54, 1.807) is 10.9 Å². The Balaban J connectivity index is 1.89. The molecule has 0 bridgehead atoms. The van der Waals surface area contributed by atoms with Gasteiger partial charge in [-0.2, -0.15) is 5.10 Å². The van der Waals surface area contributed by atoms with Crippen LogP contribution in [0.2, 0.25) is 0 Å². The molecule has 110 valence electrons. The lowest BCUT2D eigenvalue weighted by Gasteiger charge is -2.25. The van der Waals surface area contributed by atoms with Crippen molar-refractivity contribution in [2.24, 2.45) is 0 Å². The van der Waals surface area contributed by atoms with Crippen LogP contribution in [0, 0.1) is 6.92 Å². The molecule has 1 atom stereocenters. The highest BCUT2D eigenvalue weighted by atomic mass is 16.2. The maximum Gasteiger partial charge on any atom is 0.272 e. The van der Waals surface area contributed by atoms with Gasteiger partial charge >= 0.3 is 0 Å². The molecule has 0 saturated carbocycles. The topological polar surface area (TPSA) is 38.1 Å². The number of rotatable bonds is 3. The molecule has 1 amide bonds. The van der Waals surface area contributed by atoms with Crippen molar-refractivity contribution in [2.75, 3.05) is 6.54 Å². The number of likely N-dealkylation sites (tertiary alicyclic amines) is 1. The average Bonchev–Trinajstić information content (AvgIpc) is 3.15. The van der Waals surface area contributed by atoms with Crippen LogP contribution >= 0.6 is 0 Å². The second-order valence-corrected chi connectivity index (χ2v) is 5.60. The van der Waals surface area contributed by atoms with E-state index in [0.29, 0.717) is 5.69 Å². The van der Waals surface area contributed by atoms with Gasteiger partial charge in [-0.05, 0) is 38.3 Å². The molecule has 4 nitrogen and oxygen atoms in total. The monoisotopic (exact) mass is 283 g/mol. The van der Waals surface area contributed by atoms with E-state index in [1.807, 2.05) is 17.9 Å². The summed E-state index contributed by atoms with van der Waals surface area (Å²) >= 11 is 0. The number of carbonyl (C=O) groups is 1. The zero-order chi connectivity index (χ0) is 14.8. The van der Waals surface area contributed by atoms with E-state index >= 15 is 0 Å². The summed E-state index contributed by atoms with van der Waals surface area (Å²) in [5.74, 6) is 0.0957. The fourth-order valence-corrected chi connectivity index (χ4v) is 3.15. The van der Waals surface area contributed by atoms with E-state index in [-0.39, 0.29) is 11.9 Å². The van der Waals surface area contributed by atoms with Gasteiger partial charge in [0.05, 0.1) is 6.04 Å². The van der Waals surface area contributed by atoms with Crippen molar-refractivity contribution in [3.63, 3.8) is 0 Å². The molecule has 0 radical (unpaired) electrons. The van der Waals surface area contributed by atoms with Gasteiger partial charge in [0.2, 0.25) is 0 Å². The number of amides is 1. The molecule has 1 fully saturated rings. The SMILES string of the molecule is CCn1nccc1C(=O)N1CCC[C@H]1c1cccc(C)c1. The molecule has 1 aromatic carbocycles. The number of nitrogens with zero attached hydrogens (tertiary/aromatic N) is 3. The number of benzene rings is 1. The third-order valence-electron chi connectivity index (χ3n) is 4.18. The van der Waals surface area contributed by atoms with Crippen molar-refractivity contribution in [2.45, 2.75) is 39.3 Å². The zero-order valence-electron chi connectivity index (χ0n) is 12.6. The lowest BCUT2D eigenvalue weighted by molar-refractivity contribution is 0.0723. The first-order chi connectivity index (χ1) is 10.2. The lowest BCUT2D eigenvalue weighted by Crippen LogP contribution is -2.32. The van der Waals surface area contributed by atoms with Crippen LogP contribution in [0.1, 0.15) is 47.4 Å². The summed E-state index contributed by atoms with van der Waals surface area (Å²) in [5.41, 5.74) is 3.17. The summed E-state index contributed by atoms with van der Waals surface area (Å²) in [7, 11) is 0. The fourth-order valence-electron chi connectivity index (χ4n) is 3.15. The smallest absolute Gasteiger partial charge is 0.272 e. The molecule has 1 aliphatic heterocycles. The summed E-state index contributed by atoms with van der Waals surface area (Å²) < 4.78 is 1.77. The minimum absolute atomic E-state index is 0.0957. The molecule has 1 aliphatic rings. The lowest BCUT2D eigenvalue weighted by atomic mass is 10.0. The fraction of sp³-hybridized carbons (Fsp3) is 0.412. The maximum atomic E-state index is 12.8. The van der Waals surface area contributed by atoms with Crippen molar-refractivity contribution >= 4 is 5.91 Å². The quantitative estimate of drug-likeness (QED) is 0.867. The number of hydrogen-bond acceptors (Lipinski definition) is 2. The van der Waals surface area contributed by atoms with E-state index in [0.717, 1.165) is 25.9 Å². The van der Waals surface area contributed by atoms with Crippen LogP contribution in [0.15, 0.2) is 36.5 Å². The summed E-state index contributed by atoms with van der Waals surface area (Å²) in [6.07, 6.45) is 3.80. The zero-order valence-corrected chi connectivity index (χ0v) is 12.6. The molecule has 0 unspecified atom stereocenters. The number of hydrogen-bond donors (Lipinski definition) is 0. The van der Waals surface area contributed by atoms with E-state index in [2.05, 4.69) is 36.3 Å². The molecule has 2 aromatic rings. The normalized spacial score (nSPS) is 18.2. The van der Waals surface area contributed by atoms with Gasteiger partial charge < -0.3 is 4.90 Å². The van der Waals surface area contributed by atoms with E-state index in [1.165, 1.54) is 11.1 Å². The Bertz CT molecular complexity index is 647. The first-order valence-corrected chi connectivity index (χ1v) is 7.60. The van der Waals surface area contributed by atoms with Gasteiger partial charge in [0.15, 0.2) is 0 Å². The molecule has 4 heteroatoms. The first kappa shape index (κ1) is 13.9. The molecule has 21 heavy (non-hydrogen) atoms. The van der Waals surface area contributed by atoms with Crippen molar-refractivity contribution in [1.82, 2.24) is 14.7 Å². The van der Waals surface area contributed by atoms with Crippen LogP contribution in [-0.2, 0) is 6.54 Å². The molecule has 1 aromatic heterocycles. The summed E-state index contributed by atoms with van der Waals surface area (Å²) in [4.78, 5) is 14.8. The minimum Gasteiger partial charge on any atom is -0.330 e. The van der Waals surface area contributed by atoms with Gasteiger partial charge in [-0.15, -0.1) is 0 Å². The van der Waals surface area contributed by atoms with Gasteiger partial charge in [0.1, 0.15) is 5.69 Å². The Morgan fingerprint density at radius 3 is 3.00 bits per heavy atom. The molecular formula is C17H21N3O. The Kier molecular flexibility index (Phi) is 3.78.